The van der Waals surface area contributed by atoms with E-state index in [0.717, 1.165) is 39.9 Å². The Hall–Kier alpha value is -3.90. The standard InChI is InChI=1S/C27H26N4O2/c1-33-16-15-31-14-13-20-11-12-21(18-25(20)31)27(32)30-24(17-19-7-3-2-4-8-19)26-28-22-9-5-6-10-23(22)29-26/h2-14,18,24H,15-17H2,1H3,(H,28,29)(H,30,32)/t24-/m0/s1. The van der Waals surface area contributed by atoms with Gasteiger partial charge < -0.3 is 19.6 Å². The molecular formula is C27H26N4O2. The number of H-pyrrole nitrogens is 1. The van der Waals surface area contributed by atoms with E-state index < -0.39 is 0 Å². The van der Waals surface area contributed by atoms with Crippen molar-refractivity contribution in [3.8, 4) is 0 Å². The summed E-state index contributed by atoms with van der Waals surface area (Å²) in [6, 6.07) is 25.6. The van der Waals surface area contributed by atoms with Crippen molar-refractivity contribution in [2.24, 2.45) is 0 Å². The Morgan fingerprint density at radius 1 is 1.06 bits per heavy atom. The highest BCUT2D eigenvalue weighted by atomic mass is 16.5. The quantitative estimate of drug-likeness (QED) is 0.363. The molecule has 6 nitrogen and oxygen atoms in total. The third kappa shape index (κ3) is 4.52. The Morgan fingerprint density at radius 3 is 2.70 bits per heavy atom. The molecule has 0 aliphatic rings. The molecule has 0 aliphatic heterocycles. The lowest BCUT2D eigenvalue weighted by molar-refractivity contribution is 0.0935. The van der Waals surface area contributed by atoms with Crippen LogP contribution in [0.3, 0.4) is 0 Å². The van der Waals surface area contributed by atoms with Gasteiger partial charge in [-0.3, -0.25) is 4.79 Å². The average Bonchev–Trinajstić information content (AvgIpc) is 3.46. The Kier molecular flexibility index (Phi) is 5.91. The lowest BCUT2D eigenvalue weighted by Gasteiger charge is -2.17. The Morgan fingerprint density at radius 2 is 1.88 bits per heavy atom. The zero-order chi connectivity index (χ0) is 22.6. The van der Waals surface area contributed by atoms with E-state index in [9.17, 15) is 4.79 Å². The number of benzene rings is 3. The fraction of sp³-hybridized carbons (Fsp3) is 0.185. The minimum Gasteiger partial charge on any atom is -0.383 e. The largest absolute Gasteiger partial charge is 0.383 e. The third-order valence-corrected chi connectivity index (χ3v) is 5.90. The van der Waals surface area contributed by atoms with E-state index in [4.69, 9.17) is 9.72 Å². The van der Waals surface area contributed by atoms with Crippen LogP contribution in [0.15, 0.2) is 85.1 Å². The maximum Gasteiger partial charge on any atom is 0.251 e. The van der Waals surface area contributed by atoms with Crippen LogP contribution < -0.4 is 5.32 Å². The number of carbonyl (C=O) groups is 1. The molecule has 0 fully saturated rings. The van der Waals surface area contributed by atoms with Gasteiger partial charge in [-0.25, -0.2) is 4.98 Å². The summed E-state index contributed by atoms with van der Waals surface area (Å²) in [5.74, 6) is 0.621. The van der Waals surface area contributed by atoms with Crippen LogP contribution in [0.25, 0.3) is 21.9 Å². The third-order valence-electron chi connectivity index (χ3n) is 5.90. The molecule has 5 rings (SSSR count). The first-order valence-corrected chi connectivity index (χ1v) is 11.1. The van der Waals surface area contributed by atoms with Gasteiger partial charge in [0.05, 0.1) is 23.7 Å². The molecule has 0 bridgehead atoms. The van der Waals surface area contributed by atoms with Crippen LogP contribution in [0.5, 0.6) is 0 Å². The summed E-state index contributed by atoms with van der Waals surface area (Å²) in [5, 5.41) is 4.31. The van der Waals surface area contributed by atoms with E-state index in [1.165, 1.54) is 0 Å². The molecular weight excluding hydrogens is 412 g/mol. The molecule has 1 atom stereocenters. The zero-order valence-electron chi connectivity index (χ0n) is 18.5. The normalized spacial score (nSPS) is 12.3. The maximum absolute atomic E-state index is 13.3. The van der Waals surface area contributed by atoms with E-state index in [2.05, 4.69) is 33.1 Å². The Bertz CT molecular complexity index is 1350. The highest BCUT2D eigenvalue weighted by Crippen LogP contribution is 2.22. The molecule has 33 heavy (non-hydrogen) atoms. The van der Waals surface area contributed by atoms with E-state index >= 15 is 0 Å². The number of fused-ring (bicyclic) bond motifs is 2. The van der Waals surface area contributed by atoms with Gasteiger partial charge in [0.25, 0.3) is 5.91 Å². The van der Waals surface area contributed by atoms with Gasteiger partial charge in [-0.05, 0) is 47.7 Å². The van der Waals surface area contributed by atoms with Gasteiger partial charge in [0, 0.05) is 30.9 Å². The molecule has 2 aromatic heterocycles. The second kappa shape index (κ2) is 9.30. The number of methoxy groups -OCH3 is 1. The summed E-state index contributed by atoms with van der Waals surface area (Å²) in [5.41, 5.74) is 4.61. The maximum atomic E-state index is 13.3. The van der Waals surface area contributed by atoms with Crippen LogP contribution in [0, 0.1) is 0 Å². The molecule has 0 unspecified atom stereocenters. The SMILES string of the molecule is COCCn1ccc2ccc(C(=O)N[C@@H](Cc3ccccc3)c3nc4ccccc4[nH]3)cc21. The first kappa shape index (κ1) is 21.0. The molecule has 3 aromatic carbocycles. The molecule has 5 aromatic rings. The second-order valence-corrected chi connectivity index (χ2v) is 8.13. The summed E-state index contributed by atoms with van der Waals surface area (Å²) in [4.78, 5) is 21.5. The van der Waals surface area contributed by atoms with Crippen LogP contribution in [0.4, 0.5) is 0 Å². The topological polar surface area (TPSA) is 71.9 Å². The molecule has 2 heterocycles. The average molecular weight is 439 g/mol. The van der Waals surface area contributed by atoms with Gasteiger partial charge in [-0.1, -0.05) is 48.5 Å². The van der Waals surface area contributed by atoms with Crippen LogP contribution in [-0.2, 0) is 17.7 Å². The van der Waals surface area contributed by atoms with E-state index in [-0.39, 0.29) is 11.9 Å². The number of rotatable bonds is 8. The number of nitrogens with one attached hydrogen (secondary N) is 2. The molecule has 1 amide bonds. The smallest absolute Gasteiger partial charge is 0.251 e. The number of ether oxygens (including phenoxy) is 1. The van der Waals surface area contributed by atoms with Crippen LogP contribution in [0.1, 0.15) is 27.8 Å². The molecule has 6 heteroatoms. The highest BCUT2D eigenvalue weighted by molar-refractivity contribution is 5.98. The number of nitrogens with zero attached hydrogens (tertiary/aromatic N) is 2. The van der Waals surface area contributed by atoms with Crippen molar-refractivity contribution in [3.63, 3.8) is 0 Å². The highest BCUT2D eigenvalue weighted by Gasteiger charge is 2.20. The van der Waals surface area contributed by atoms with Crippen LogP contribution >= 0.6 is 0 Å². The first-order valence-electron chi connectivity index (χ1n) is 11.1. The van der Waals surface area contributed by atoms with E-state index in [1.807, 2.05) is 66.9 Å². The Labute approximate surface area is 192 Å². The van der Waals surface area contributed by atoms with Gasteiger partial charge in [-0.15, -0.1) is 0 Å². The second-order valence-electron chi connectivity index (χ2n) is 8.13. The zero-order valence-corrected chi connectivity index (χ0v) is 18.5. The minimum absolute atomic E-state index is 0.127. The number of amides is 1. The van der Waals surface area contributed by atoms with Gasteiger partial charge >= 0.3 is 0 Å². The van der Waals surface area contributed by atoms with Gasteiger partial charge in [-0.2, -0.15) is 0 Å². The van der Waals surface area contributed by atoms with Crippen molar-refractivity contribution in [1.29, 1.82) is 0 Å². The number of para-hydroxylation sites is 2. The summed E-state index contributed by atoms with van der Waals surface area (Å²) in [7, 11) is 1.69. The summed E-state index contributed by atoms with van der Waals surface area (Å²) in [6.45, 7) is 1.35. The number of imidazole rings is 1. The van der Waals surface area contributed by atoms with Gasteiger partial charge in [0.15, 0.2) is 0 Å². The lowest BCUT2D eigenvalue weighted by atomic mass is 10.0. The molecule has 0 spiro atoms. The summed E-state index contributed by atoms with van der Waals surface area (Å²) < 4.78 is 7.32. The fourth-order valence-electron chi connectivity index (χ4n) is 4.15. The summed E-state index contributed by atoms with van der Waals surface area (Å²) in [6.07, 6.45) is 2.66. The van der Waals surface area contributed by atoms with Crippen LogP contribution in [0.2, 0.25) is 0 Å². The molecule has 2 N–H and O–H groups in total. The van der Waals surface area contributed by atoms with Gasteiger partial charge in [0.2, 0.25) is 0 Å². The van der Waals surface area contributed by atoms with Gasteiger partial charge in [0.1, 0.15) is 5.82 Å². The monoisotopic (exact) mass is 438 g/mol. The van der Waals surface area contributed by atoms with Crippen molar-refractivity contribution in [2.45, 2.75) is 19.0 Å². The number of carbonyl (C=O) groups excluding carboxylic acids is 1. The van der Waals surface area contributed by atoms with E-state index in [1.54, 1.807) is 7.11 Å². The molecule has 0 radical (unpaired) electrons. The predicted octanol–water partition coefficient (Wildman–Crippen LogP) is 4.88. The molecule has 0 saturated carbocycles. The minimum atomic E-state index is -0.289. The number of aromatic amines is 1. The molecule has 166 valence electrons. The van der Waals surface area contributed by atoms with Crippen molar-refractivity contribution in [3.05, 3.63) is 102 Å². The summed E-state index contributed by atoms with van der Waals surface area (Å²) >= 11 is 0. The molecule has 0 aliphatic carbocycles. The number of hydrogen-bond acceptors (Lipinski definition) is 3. The van der Waals surface area contributed by atoms with E-state index in [0.29, 0.717) is 18.6 Å². The fourth-order valence-corrected chi connectivity index (χ4v) is 4.15. The Balaban J connectivity index is 1.45. The van der Waals surface area contributed by atoms with Crippen molar-refractivity contribution >= 4 is 27.8 Å². The van der Waals surface area contributed by atoms with Crippen molar-refractivity contribution in [1.82, 2.24) is 19.9 Å². The predicted molar refractivity (Wildman–Crippen MR) is 130 cm³/mol. The molecule has 0 saturated heterocycles. The van der Waals surface area contributed by atoms with Crippen LogP contribution in [-0.4, -0.2) is 34.2 Å². The van der Waals surface area contributed by atoms with Crippen molar-refractivity contribution in [2.75, 3.05) is 13.7 Å². The first-order chi connectivity index (χ1) is 16.2. The van der Waals surface area contributed by atoms with Crippen molar-refractivity contribution < 1.29 is 9.53 Å². The lowest BCUT2D eigenvalue weighted by Crippen LogP contribution is -2.30. The number of aromatic nitrogens is 3. The number of hydrogen-bond donors (Lipinski definition) is 2.